The number of aromatic nitrogens is 1. The van der Waals surface area contributed by atoms with Crippen molar-refractivity contribution < 1.29 is 0 Å². The second kappa shape index (κ2) is 21.1. The lowest BCUT2D eigenvalue weighted by Gasteiger charge is -2.24. The largest absolute Gasteiger partial charge is 0.387 e. The summed E-state index contributed by atoms with van der Waals surface area (Å²) in [5.41, 5.74) is 14.0. The van der Waals surface area contributed by atoms with Gasteiger partial charge in [-0.25, -0.2) is 4.98 Å². The van der Waals surface area contributed by atoms with Crippen LogP contribution in [0, 0.1) is 0 Å². The molecule has 2 heterocycles. The van der Waals surface area contributed by atoms with Crippen molar-refractivity contribution in [2.45, 2.75) is 0 Å². The molecule has 69 heavy (non-hydrogen) atoms. The van der Waals surface area contributed by atoms with E-state index in [9.17, 15) is 0 Å². The minimum atomic E-state index is 0.828. The first-order valence-electron chi connectivity index (χ1n) is 23.5. The van der Waals surface area contributed by atoms with E-state index >= 15 is 0 Å². The van der Waals surface area contributed by atoms with Gasteiger partial charge < -0.3 is 10.2 Å². The highest BCUT2D eigenvalue weighted by Crippen LogP contribution is 2.45. The molecule has 0 saturated carbocycles. The average molecular weight is 889 g/mol. The van der Waals surface area contributed by atoms with Gasteiger partial charge in [0.05, 0.1) is 0 Å². The molecule has 0 spiro atoms. The molecule has 0 bridgehead atoms. The van der Waals surface area contributed by atoms with Crippen LogP contribution in [0.3, 0.4) is 0 Å². The smallest absolute Gasteiger partial charge is 0.137 e. The second-order valence-corrected chi connectivity index (χ2v) is 16.9. The third-order valence-corrected chi connectivity index (χ3v) is 12.4. The number of benzene rings is 9. The van der Waals surface area contributed by atoms with Crippen LogP contribution in [-0.2, 0) is 0 Å². The van der Waals surface area contributed by atoms with Gasteiger partial charge in [0, 0.05) is 42.5 Å². The zero-order valence-corrected chi connectivity index (χ0v) is 38.6. The second-order valence-electron chi connectivity index (χ2n) is 16.9. The quantitative estimate of drug-likeness (QED) is 0.131. The van der Waals surface area contributed by atoms with Crippen LogP contribution < -0.4 is 15.1 Å². The van der Waals surface area contributed by atoms with Gasteiger partial charge in [-0.3, -0.25) is 4.90 Å². The van der Waals surface area contributed by atoms with Gasteiger partial charge in [0.1, 0.15) is 5.82 Å². The van der Waals surface area contributed by atoms with Gasteiger partial charge in [-0.2, -0.15) is 0 Å². The molecule has 1 aliphatic heterocycles. The van der Waals surface area contributed by atoms with Crippen molar-refractivity contribution in [3.05, 3.63) is 283 Å². The topological polar surface area (TPSA) is 31.4 Å². The van der Waals surface area contributed by atoms with Crippen LogP contribution in [0.5, 0.6) is 0 Å². The maximum absolute atomic E-state index is 4.94. The Balaban J connectivity index is 0.000000338. The molecule has 0 unspecified atom stereocenters. The number of fused-ring (bicyclic) bond motifs is 3. The number of para-hydroxylation sites is 4. The summed E-state index contributed by atoms with van der Waals surface area (Å²) in [5.74, 6) is 0.867. The number of rotatable bonds is 11. The monoisotopic (exact) mass is 888 g/mol. The zero-order chi connectivity index (χ0) is 46.6. The number of hydrogen-bond acceptors (Lipinski definition) is 4. The normalized spacial score (nSPS) is 12.1. The van der Waals surface area contributed by atoms with Gasteiger partial charge in [-0.15, -0.1) is 0 Å². The lowest BCUT2D eigenvalue weighted by Crippen LogP contribution is -2.11. The fraction of sp³-hybridized carbons (Fsp3) is 0.0308. The molecule has 0 amide bonds. The van der Waals surface area contributed by atoms with E-state index in [2.05, 4.69) is 265 Å². The number of hydrogen-bond donors (Lipinski definition) is 1. The maximum Gasteiger partial charge on any atom is 0.137 e. The Morgan fingerprint density at radius 2 is 0.841 bits per heavy atom. The molecule has 0 atom stereocenters. The highest BCUT2D eigenvalue weighted by atomic mass is 15.2. The minimum absolute atomic E-state index is 0.828. The standard InChI is InChI=1S/C52H39N3.C13H13N/c1-5-15-42(16-6-1)51-46-30-27-38(23-25-40-14-13-33-53-36-40)34-48(46)49-35-39(28-31-47(49)52(51)43-17-7-2-8-18-43)24-26-41-29-32-50(54-37-41)55(44-19-9-3-10-20-44)45-21-11-4-12-22-45;1-14(12-8-4-2-5-9-12)13-10-6-3-7-11-13/h1-35,37,53H,36H2;2-11H,1H3/b25-23+,26-24+;. The van der Waals surface area contributed by atoms with Crippen LogP contribution in [0.4, 0.5) is 28.6 Å². The number of anilines is 5. The van der Waals surface area contributed by atoms with Crippen molar-refractivity contribution in [2.75, 3.05) is 23.4 Å². The molecule has 332 valence electrons. The van der Waals surface area contributed by atoms with Gasteiger partial charge >= 0.3 is 0 Å². The Kier molecular flexibility index (Phi) is 13.4. The lowest BCUT2D eigenvalue weighted by molar-refractivity contribution is 0.941. The first-order chi connectivity index (χ1) is 34.2. The summed E-state index contributed by atoms with van der Waals surface area (Å²) in [6, 6.07) is 81.1. The Bertz CT molecular complexity index is 3320. The highest BCUT2D eigenvalue weighted by molar-refractivity contribution is 6.22. The van der Waals surface area contributed by atoms with Crippen LogP contribution >= 0.6 is 0 Å². The molecular formula is C65H52N4. The van der Waals surface area contributed by atoms with E-state index in [1.165, 1.54) is 66.3 Å². The molecule has 4 nitrogen and oxygen atoms in total. The predicted molar refractivity (Wildman–Crippen MR) is 295 cm³/mol. The Hall–Kier alpha value is -8.99. The molecule has 1 N–H and O–H groups in total. The van der Waals surface area contributed by atoms with Gasteiger partial charge in [0.25, 0.3) is 0 Å². The summed E-state index contributed by atoms with van der Waals surface area (Å²) < 4.78 is 0. The van der Waals surface area contributed by atoms with E-state index in [1.807, 2.05) is 36.7 Å². The lowest BCUT2D eigenvalue weighted by atomic mass is 9.84. The third kappa shape index (κ3) is 10.2. The average Bonchev–Trinajstić information content (AvgIpc) is 3.43. The summed E-state index contributed by atoms with van der Waals surface area (Å²) in [5, 5.41) is 8.23. The highest BCUT2D eigenvalue weighted by Gasteiger charge is 2.18. The first kappa shape index (κ1) is 43.9. The van der Waals surface area contributed by atoms with Gasteiger partial charge in [0.15, 0.2) is 0 Å². The fourth-order valence-electron chi connectivity index (χ4n) is 8.93. The van der Waals surface area contributed by atoms with Gasteiger partial charge in [-0.1, -0.05) is 188 Å². The molecule has 0 saturated heterocycles. The fourth-order valence-corrected chi connectivity index (χ4v) is 8.93. The molecule has 4 heteroatoms. The van der Waals surface area contributed by atoms with Gasteiger partial charge in [0.2, 0.25) is 0 Å². The minimum Gasteiger partial charge on any atom is -0.387 e. The number of allylic oxidation sites excluding steroid dienone is 2. The number of pyridine rings is 1. The van der Waals surface area contributed by atoms with Gasteiger partial charge in [-0.05, 0) is 151 Å². The van der Waals surface area contributed by atoms with Crippen molar-refractivity contribution in [3.63, 3.8) is 0 Å². The number of nitrogens with zero attached hydrogens (tertiary/aromatic N) is 3. The van der Waals surface area contributed by atoms with Crippen molar-refractivity contribution in [3.8, 4) is 22.3 Å². The SMILES string of the molecule is C1=CNCC(/C=C/c2ccc3c(-c4ccccc4)c(-c4ccccc4)c4ccc(/C=C/c5ccc(N(c6ccccc6)c6ccccc6)nc5)cc4c3c2)=C1.CN(c1ccccc1)c1ccccc1. The van der Waals surface area contributed by atoms with Crippen LogP contribution in [0.15, 0.2) is 267 Å². The van der Waals surface area contributed by atoms with Crippen LogP contribution in [0.1, 0.15) is 16.7 Å². The predicted octanol–water partition coefficient (Wildman–Crippen LogP) is 16.9. The van der Waals surface area contributed by atoms with Crippen LogP contribution in [0.25, 0.3) is 62.0 Å². The van der Waals surface area contributed by atoms with Crippen LogP contribution in [0.2, 0.25) is 0 Å². The Morgan fingerprint density at radius 1 is 0.420 bits per heavy atom. The summed E-state index contributed by atoms with van der Waals surface area (Å²) in [6.45, 7) is 0.828. The van der Waals surface area contributed by atoms with E-state index in [-0.39, 0.29) is 0 Å². The molecule has 1 aromatic heterocycles. The molecule has 0 radical (unpaired) electrons. The molecule has 1 aliphatic rings. The van der Waals surface area contributed by atoms with E-state index in [1.54, 1.807) is 0 Å². The molecule has 11 rings (SSSR count). The van der Waals surface area contributed by atoms with E-state index in [0.717, 1.165) is 34.9 Å². The summed E-state index contributed by atoms with van der Waals surface area (Å²) in [6.07, 6.45) is 16.9. The van der Waals surface area contributed by atoms with E-state index in [0.29, 0.717) is 0 Å². The molecule has 9 aromatic carbocycles. The van der Waals surface area contributed by atoms with Crippen molar-refractivity contribution in [1.82, 2.24) is 10.3 Å². The summed E-state index contributed by atoms with van der Waals surface area (Å²) in [7, 11) is 2.07. The Morgan fingerprint density at radius 3 is 1.28 bits per heavy atom. The number of dihydropyridines is 1. The molecular weight excluding hydrogens is 837 g/mol. The third-order valence-electron chi connectivity index (χ3n) is 12.4. The zero-order valence-electron chi connectivity index (χ0n) is 38.6. The van der Waals surface area contributed by atoms with E-state index < -0.39 is 0 Å². The summed E-state index contributed by atoms with van der Waals surface area (Å²) in [4.78, 5) is 9.28. The molecule has 10 aromatic rings. The van der Waals surface area contributed by atoms with E-state index in [4.69, 9.17) is 4.98 Å². The molecule has 0 fully saturated rings. The first-order valence-corrected chi connectivity index (χ1v) is 23.5. The van der Waals surface area contributed by atoms with Crippen molar-refractivity contribution >= 4 is 68.3 Å². The number of nitrogens with one attached hydrogen (secondary N) is 1. The van der Waals surface area contributed by atoms with Crippen LogP contribution in [-0.4, -0.2) is 18.6 Å². The van der Waals surface area contributed by atoms with Crippen molar-refractivity contribution in [1.29, 1.82) is 0 Å². The maximum atomic E-state index is 4.94. The molecule has 0 aliphatic carbocycles. The summed E-state index contributed by atoms with van der Waals surface area (Å²) >= 11 is 0. The van der Waals surface area contributed by atoms with Crippen molar-refractivity contribution in [2.24, 2.45) is 0 Å². The Labute approximate surface area is 405 Å².